The highest BCUT2D eigenvalue weighted by Gasteiger charge is 2.72. The first-order chi connectivity index (χ1) is 20.0. The first-order valence-corrected chi connectivity index (χ1v) is 15.5. The van der Waals surface area contributed by atoms with Gasteiger partial charge in [0.25, 0.3) is 0 Å². The molecule has 2 aromatic rings. The lowest BCUT2D eigenvalue weighted by molar-refractivity contribution is -0.142. The van der Waals surface area contributed by atoms with Crippen LogP contribution < -0.4 is 20.1 Å². The number of benzene rings is 2. The average molecular weight is 576 g/mol. The molecule has 10 heteroatoms. The van der Waals surface area contributed by atoms with E-state index in [0.717, 1.165) is 36.1 Å². The molecule has 4 aliphatic heterocycles. The van der Waals surface area contributed by atoms with Crippen molar-refractivity contribution in [3.63, 3.8) is 0 Å². The predicted octanol–water partition coefficient (Wildman–Crippen LogP) is 3.88. The number of hydrogen-bond donors (Lipinski definition) is 2. The Bertz CT molecular complexity index is 1420. The van der Waals surface area contributed by atoms with Gasteiger partial charge in [0.1, 0.15) is 11.6 Å². The number of rotatable bonds is 7. The van der Waals surface area contributed by atoms with Gasteiger partial charge in [-0.2, -0.15) is 0 Å². The first-order valence-electron chi connectivity index (χ1n) is 14.3. The number of nitrogens with zero attached hydrogens (tertiary/aromatic N) is 1. The number of hydrogen-bond acceptors (Lipinski definition) is 7. The maximum atomic E-state index is 14.3. The lowest BCUT2D eigenvalue weighted by Gasteiger charge is -2.34. The zero-order valence-corrected chi connectivity index (χ0v) is 23.7. The topological polar surface area (TPSA) is 106 Å². The van der Waals surface area contributed by atoms with Crippen molar-refractivity contribution in [2.45, 2.75) is 67.3 Å². The largest absolute Gasteiger partial charge is 0.454 e. The summed E-state index contributed by atoms with van der Waals surface area (Å²) in [6.45, 7) is 0.332. The second kappa shape index (κ2) is 10.4. The summed E-state index contributed by atoms with van der Waals surface area (Å²) in [4.78, 5) is 44.7. The third-order valence-electron chi connectivity index (χ3n) is 9.00. The van der Waals surface area contributed by atoms with Crippen LogP contribution in [0, 0.1) is 11.8 Å². The highest BCUT2D eigenvalue weighted by atomic mass is 32.2. The molecule has 3 amide bonds. The number of carbonyl (C=O) groups is 3. The highest BCUT2D eigenvalue weighted by molar-refractivity contribution is 7.98. The Hall–Kier alpha value is -3.50. The van der Waals surface area contributed by atoms with E-state index in [-0.39, 0.29) is 37.1 Å². The van der Waals surface area contributed by atoms with Crippen LogP contribution >= 0.6 is 11.8 Å². The Labute approximate surface area is 243 Å². The molecular formula is C31H33N3O6S. The minimum atomic E-state index is -1.21. The van der Waals surface area contributed by atoms with Gasteiger partial charge in [0.05, 0.1) is 17.9 Å². The third kappa shape index (κ3) is 4.48. The Morgan fingerprint density at radius 3 is 2.71 bits per heavy atom. The van der Waals surface area contributed by atoms with Gasteiger partial charge in [0.15, 0.2) is 11.5 Å². The van der Waals surface area contributed by atoms with Crippen LogP contribution in [0.15, 0.2) is 59.5 Å². The van der Waals surface area contributed by atoms with Crippen LogP contribution in [0.1, 0.15) is 37.7 Å². The molecule has 5 aliphatic rings. The molecular weight excluding hydrogens is 542 g/mol. The monoisotopic (exact) mass is 575 g/mol. The fourth-order valence-corrected chi connectivity index (χ4v) is 7.59. The Morgan fingerprint density at radius 2 is 1.88 bits per heavy atom. The second-order valence-electron chi connectivity index (χ2n) is 11.4. The molecule has 1 aliphatic carbocycles. The van der Waals surface area contributed by atoms with Crippen molar-refractivity contribution < 1.29 is 28.6 Å². The summed E-state index contributed by atoms with van der Waals surface area (Å²) in [6, 6.07) is 12.3. The molecule has 41 heavy (non-hydrogen) atoms. The Kier molecular flexibility index (Phi) is 6.70. The molecule has 214 valence electrons. The molecule has 5 atom stereocenters. The zero-order valence-electron chi connectivity index (χ0n) is 22.8. The van der Waals surface area contributed by atoms with Crippen molar-refractivity contribution in [3.8, 4) is 11.5 Å². The van der Waals surface area contributed by atoms with Gasteiger partial charge in [-0.1, -0.05) is 43.5 Å². The van der Waals surface area contributed by atoms with Gasteiger partial charge in [-0.3, -0.25) is 14.4 Å². The second-order valence-corrected chi connectivity index (χ2v) is 12.3. The number of likely N-dealkylation sites (tertiary alicyclic amines) is 1. The van der Waals surface area contributed by atoms with Gasteiger partial charge in [-0.15, -0.1) is 11.8 Å². The minimum Gasteiger partial charge on any atom is -0.454 e. The van der Waals surface area contributed by atoms with E-state index in [1.54, 1.807) is 16.7 Å². The molecule has 2 bridgehead atoms. The molecule has 0 aromatic heterocycles. The fraction of sp³-hybridized carbons (Fsp3) is 0.452. The third-order valence-corrected chi connectivity index (χ3v) is 9.73. The van der Waals surface area contributed by atoms with Crippen LogP contribution in [-0.4, -0.2) is 59.5 Å². The quantitative estimate of drug-likeness (QED) is 0.381. The molecule has 4 heterocycles. The summed E-state index contributed by atoms with van der Waals surface area (Å²) in [5.41, 5.74) is 0.264. The summed E-state index contributed by atoms with van der Waals surface area (Å²) >= 11 is 1.59. The van der Waals surface area contributed by atoms with E-state index >= 15 is 0 Å². The number of anilines is 1. The van der Waals surface area contributed by atoms with Crippen LogP contribution in [0.25, 0.3) is 0 Å². The number of amides is 3. The zero-order chi connectivity index (χ0) is 28.1. The summed E-state index contributed by atoms with van der Waals surface area (Å²) in [5, 5.41) is 6.24. The van der Waals surface area contributed by atoms with Crippen molar-refractivity contribution >= 4 is 35.2 Å². The lowest BCUT2D eigenvalue weighted by atomic mass is 9.74. The first kappa shape index (κ1) is 26.4. The molecule has 1 saturated carbocycles. The molecule has 2 N–H and O–H groups in total. The minimum absolute atomic E-state index is 0.0691. The lowest BCUT2D eigenvalue weighted by Crippen LogP contribution is -2.56. The van der Waals surface area contributed by atoms with Crippen molar-refractivity contribution in [1.82, 2.24) is 10.2 Å². The van der Waals surface area contributed by atoms with Gasteiger partial charge in [0.2, 0.25) is 24.5 Å². The number of ether oxygens (including phenoxy) is 3. The van der Waals surface area contributed by atoms with Crippen molar-refractivity contribution in [3.05, 3.63) is 60.2 Å². The molecule has 0 unspecified atom stereocenters. The summed E-state index contributed by atoms with van der Waals surface area (Å²) < 4.78 is 17.5. The van der Waals surface area contributed by atoms with Gasteiger partial charge >= 0.3 is 0 Å². The van der Waals surface area contributed by atoms with E-state index < -0.39 is 29.6 Å². The van der Waals surface area contributed by atoms with Crippen LogP contribution in [-0.2, 0) is 25.7 Å². The summed E-state index contributed by atoms with van der Waals surface area (Å²) in [7, 11) is 0. The van der Waals surface area contributed by atoms with Gasteiger partial charge in [-0.25, -0.2) is 0 Å². The maximum absolute atomic E-state index is 14.3. The summed E-state index contributed by atoms with van der Waals surface area (Å²) in [5.74, 6) is -1.07. The van der Waals surface area contributed by atoms with Crippen molar-refractivity contribution in [1.29, 1.82) is 0 Å². The number of nitrogens with one attached hydrogen (secondary N) is 2. The normalized spacial score (nSPS) is 29.6. The van der Waals surface area contributed by atoms with E-state index in [1.165, 1.54) is 6.42 Å². The Balaban J connectivity index is 1.21. The molecule has 2 aromatic carbocycles. The molecule has 0 radical (unpaired) electrons. The fourth-order valence-electron chi connectivity index (χ4n) is 7.13. The van der Waals surface area contributed by atoms with Crippen molar-refractivity contribution in [2.75, 3.05) is 18.4 Å². The molecule has 1 spiro atoms. The van der Waals surface area contributed by atoms with Crippen molar-refractivity contribution in [2.24, 2.45) is 11.8 Å². The van der Waals surface area contributed by atoms with Gasteiger partial charge < -0.3 is 29.7 Å². The van der Waals surface area contributed by atoms with Crippen LogP contribution in [0.5, 0.6) is 11.5 Å². The highest BCUT2D eigenvalue weighted by Crippen LogP contribution is 2.55. The number of fused-ring (bicyclic) bond motifs is 2. The van der Waals surface area contributed by atoms with Gasteiger partial charge in [0, 0.05) is 23.2 Å². The standard InChI is InChI=1S/C31H33N3O6S/c1-41-21-9-5-8-20(15-21)33-28(35)25-23-12-13-31(40-23)26(25)30(37)34(16-18-10-11-22-24(14-18)39-17-38-22)27(31)29(36)32-19-6-3-2-4-7-19/h5,8-15,19,23,25-27H,2-4,6-7,16-17H2,1H3,(H,32,36)(H,33,35)/t23-,25+,26-,27-,31-/m0/s1. The maximum Gasteiger partial charge on any atom is 0.246 e. The van der Waals surface area contributed by atoms with E-state index in [0.29, 0.717) is 17.2 Å². The number of thioether (sulfide) groups is 1. The number of carbonyl (C=O) groups excluding carboxylic acids is 3. The SMILES string of the molecule is CSc1cccc(NC(=O)[C@@H]2[C@@H]3C=C[C@]4(O3)[C@@H]2C(=O)N(Cc2ccc3c(c2)OCO3)[C@H]4C(=O)NC2CCCCC2)c1. The molecule has 2 saturated heterocycles. The average Bonchev–Trinajstić information content (AvgIpc) is 3.74. The van der Waals surface area contributed by atoms with E-state index in [2.05, 4.69) is 10.6 Å². The van der Waals surface area contributed by atoms with Crippen LogP contribution in [0.2, 0.25) is 0 Å². The van der Waals surface area contributed by atoms with E-state index in [1.807, 2.05) is 60.9 Å². The molecule has 7 rings (SSSR count). The van der Waals surface area contributed by atoms with Crippen LogP contribution in [0.4, 0.5) is 5.69 Å². The van der Waals surface area contributed by atoms with Gasteiger partial charge in [-0.05, 0) is 55.0 Å². The Morgan fingerprint density at radius 1 is 1.05 bits per heavy atom. The molecule has 9 nitrogen and oxygen atoms in total. The molecule has 3 fully saturated rings. The van der Waals surface area contributed by atoms with E-state index in [9.17, 15) is 14.4 Å². The predicted molar refractivity (Wildman–Crippen MR) is 152 cm³/mol. The van der Waals surface area contributed by atoms with E-state index in [4.69, 9.17) is 14.2 Å². The van der Waals surface area contributed by atoms with Crippen LogP contribution in [0.3, 0.4) is 0 Å². The summed E-state index contributed by atoms with van der Waals surface area (Å²) in [6.07, 6.45) is 10.2. The smallest absolute Gasteiger partial charge is 0.246 e.